The molecule has 0 aromatic heterocycles. The van der Waals surface area contributed by atoms with Gasteiger partial charge in [0.15, 0.2) is 0 Å². The first-order valence-corrected chi connectivity index (χ1v) is 7.18. The predicted molar refractivity (Wildman–Crippen MR) is 81.7 cm³/mol. The van der Waals surface area contributed by atoms with Crippen LogP contribution in [0.15, 0.2) is 24.3 Å². The number of ether oxygens (including phenoxy) is 2. The number of hydrogen-bond acceptors (Lipinski definition) is 6. The molecule has 0 unspecified atom stereocenters. The van der Waals surface area contributed by atoms with Crippen molar-refractivity contribution in [1.82, 2.24) is 10.4 Å². The first kappa shape index (κ1) is 20.4. The smallest absolute Gasteiger partial charge is 0.330 e. The number of carbonyl (C=O) groups excluding carboxylic acids is 4. The molecule has 0 aliphatic carbocycles. The Labute approximate surface area is 135 Å². The summed E-state index contributed by atoms with van der Waals surface area (Å²) >= 11 is 0. The number of amides is 2. The summed E-state index contributed by atoms with van der Waals surface area (Å²) in [6.07, 6.45) is 5.20. The van der Waals surface area contributed by atoms with E-state index in [0.29, 0.717) is 12.8 Å². The Balaban J connectivity index is 4.27. The Morgan fingerprint density at radius 3 is 1.83 bits per heavy atom. The minimum atomic E-state index is -0.684. The van der Waals surface area contributed by atoms with Crippen LogP contribution in [0.1, 0.15) is 26.7 Å². The summed E-state index contributed by atoms with van der Waals surface area (Å²) in [7, 11) is 1.30. The summed E-state index contributed by atoms with van der Waals surface area (Å²) in [6.45, 7) is 4.22. The third kappa shape index (κ3) is 10.7. The van der Waals surface area contributed by atoms with Gasteiger partial charge in [-0.05, 0) is 12.8 Å². The molecule has 0 fully saturated rings. The fourth-order valence-corrected chi connectivity index (χ4v) is 1.15. The lowest BCUT2D eigenvalue weighted by Crippen LogP contribution is -2.41. The van der Waals surface area contributed by atoms with E-state index in [9.17, 15) is 19.2 Å². The third-order valence-electron chi connectivity index (χ3n) is 2.24. The topological polar surface area (TPSA) is 102 Å². The van der Waals surface area contributed by atoms with Crippen molar-refractivity contribution in [2.45, 2.75) is 26.7 Å². The second-order valence-corrected chi connectivity index (χ2v) is 4.37. The quantitative estimate of drug-likeness (QED) is 0.396. The standard InChI is InChI=1S/C15H22N2O6/c1-4-10-22-14(20)8-6-12(18)16-17(3)13(19)7-9-15(21)23-11-5-2/h6-9H,4-5,10-11H2,1-3H3,(H,16,18)/b8-6+,9-7+. The zero-order valence-corrected chi connectivity index (χ0v) is 13.5. The van der Waals surface area contributed by atoms with Crippen molar-refractivity contribution >= 4 is 23.8 Å². The highest BCUT2D eigenvalue weighted by atomic mass is 16.5. The van der Waals surface area contributed by atoms with Gasteiger partial charge in [0, 0.05) is 31.4 Å². The van der Waals surface area contributed by atoms with Gasteiger partial charge in [-0.1, -0.05) is 13.8 Å². The number of likely N-dealkylation sites (N-methyl/N-ethyl adjacent to an activating group) is 1. The highest BCUT2D eigenvalue weighted by Crippen LogP contribution is 1.89. The van der Waals surface area contributed by atoms with Crippen LogP contribution in [0, 0.1) is 0 Å². The summed E-state index contributed by atoms with van der Waals surface area (Å²) < 4.78 is 9.50. The molecular formula is C15H22N2O6. The molecule has 0 spiro atoms. The van der Waals surface area contributed by atoms with E-state index in [0.717, 1.165) is 29.3 Å². The number of rotatable bonds is 8. The summed E-state index contributed by atoms with van der Waals surface area (Å²) in [5, 5.41) is 0.869. The van der Waals surface area contributed by atoms with Gasteiger partial charge in [-0.3, -0.25) is 20.0 Å². The second kappa shape index (κ2) is 12.0. The van der Waals surface area contributed by atoms with Crippen LogP contribution < -0.4 is 5.43 Å². The molecule has 0 saturated heterocycles. The van der Waals surface area contributed by atoms with E-state index in [-0.39, 0.29) is 13.2 Å². The number of hydrogen-bond donors (Lipinski definition) is 1. The van der Waals surface area contributed by atoms with Gasteiger partial charge in [-0.2, -0.15) is 0 Å². The summed E-state index contributed by atoms with van der Waals surface area (Å²) in [5.74, 6) is -2.60. The largest absolute Gasteiger partial charge is 0.463 e. The van der Waals surface area contributed by atoms with Crippen LogP contribution in [0.5, 0.6) is 0 Å². The molecule has 0 aromatic carbocycles. The zero-order valence-electron chi connectivity index (χ0n) is 13.5. The maximum Gasteiger partial charge on any atom is 0.330 e. The third-order valence-corrected chi connectivity index (χ3v) is 2.24. The second-order valence-electron chi connectivity index (χ2n) is 4.37. The van der Waals surface area contributed by atoms with Crippen LogP contribution in [-0.4, -0.2) is 49.0 Å². The van der Waals surface area contributed by atoms with Crippen molar-refractivity contribution < 1.29 is 28.7 Å². The molecule has 23 heavy (non-hydrogen) atoms. The number of carbonyl (C=O) groups is 4. The monoisotopic (exact) mass is 326 g/mol. The molecule has 0 saturated carbocycles. The lowest BCUT2D eigenvalue weighted by atomic mass is 10.4. The van der Waals surface area contributed by atoms with Crippen molar-refractivity contribution in [1.29, 1.82) is 0 Å². The highest BCUT2D eigenvalue weighted by molar-refractivity contribution is 5.98. The van der Waals surface area contributed by atoms with E-state index in [4.69, 9.17) is 9.47 Å². The maximum atomic E-state index is 11.6. The highest BCUT2D eigenvalue weighted by Gasteiger charge is 2.08. The summed E-state index contributed by atoms with van der Waals surface area (Å²) in [4.78, 5) is 45.5. The number of esters is 2. The minimum absolute atomic E-state index is 0.266. The van der Waals surface area contributed by atoms with Crippen LogP contribution in [-0.2, 0) is 28.7 Å². The Morgan fingerprint density at radius 1 is 0.870 bits per heavy atom. The van der Waals surface area contributed by atoms with Gasteiger partial charge in [0.25, 0.3) is 11.8 Å². The van der Waals surface area contributed by atoms with Gasteiger partial charge in [0.05, 0.1) is 13.2 Å². The van der Waals surface area contributed by atoms with E-state index >= 15 is 0 Å². The molecule has 8 heteroatoms. The minimum Gasteiger partial charge on any atom is -0.463 e. The number of hydrazine groups is 1. The number of nitrogens with one attached hydrogen (secondary N) is 1. The molecule has 0 bridgehead atoms. The molecule has 0 atom stereocenters. The van der Waals surface area contributed by atoms with Crippen LogP contribution in [0.25, 0.3) is 0 Å². The fourth-order valence-electron chi connectivity index (χ4n) is 1.15. The molecule has 2 amide bonds. The van der Waals surface area contributed by atoms with Crippen LogP contribution >= 0.6 is 0 Å². The Hall–Kier alpha value is -2.64. The normalized spacial score (nSPS) is 10.6. The van der Waals surface area contributed by atoms with Crippen LogP contribution in [0.3, 0.4) is 0 Å². The molecule has 0 aliphatic heterocycles. The van der Waals surface area contributed by atoms with E-state index in [1.807, 2.05) is 13.8 Å². The SMILES string of the molecule is CCCOC(=O)/C=C/C(=O)NN(C)C(=O)/C=C/C(=O)OCCC. The molecular weight excluding hydrogens is 304 g/mol. The van der Waals surface area contributed by atoms with Crippen molar-refractivity contribution in [2.24, 2.45) is 0 Å². The average molecular weight is 326 g/mol. The van der Waals surface area contributed by atoms with Gasteiger partial charge >= 0.3 is 11.9 Å². The molecule has 0 aromatic rings. The molecule has 8 nitrogen and oxygen atoms in total. The van der Waals surface area contributed by atoms with E-state index in [1.165, 1.54) is 7.05 Å². The molecule has 128 valence electrons. The molecule has 0 rings (SSSR count). The van der Waals surface area contributed by atoms with Crippen molar-refractivity contribution in [2.75, 3.05) is 20.3 Å². The molecule has 0 aliphatic rings. The van der Waals surface area contributed by atoms with E-state index in [2.05, 4.69) is 5.43 Å². The van der Waals surface area contributed by atoms with E-state index in [1.54, 1.807) is 0 Å². The van der Waals surface area contributed by atoms with Crippen LogP contribution in [0.2, 0.25) is 0 Å². The van der Waals surface area contributed by atoms with Gasteiger partial charge in [0.1, 0.15) is 0 Å². The summed E-state index contributed by atoms with van der Waals surface area (Å²) in [5.41, 5.74) is 2.20. The first-order chi connectivity index (χ1) is 10.9. The number of nitrogens with zero attached hydrogens (tertiary/aromatic N) is 1. The molecule has 0 radical (unpaired) electrons. The first-order valence-electron chi connectivity index (χ1n) is 7.18. The maximum absolute atomic E-state index is 11.6. The predicted octanol–water partition coefficient (Wildman–Crippen LogP) is 0.495. The lowest BCUT2D eigenvalue weighted by Gasteiger charge is -2.14. The summed E-state index contributed by atoms with van der Waals surface area (Å²) in [6, 6.07) is 0. The van der Waals surface area contributed by atoms with Crippen molar-refractivity contribution in [3.8, 4) is 0 Å². The Bertz CT molecular complexity index is 484. The fraction of sp³-hybridized carbons (Fsp3) is 0.467. The molecule has 0 heterocycles. The Morgan fingerprint density at radius 2 is 1.35 bits per heavy atom. The Kier molecular flexibility index (Phi) is 10.6. The van der Waals surface area contributed by atoms with Crippen molar-refractivity contribution in [3.05, 3.63) is 24.3 Å². The lowest BCUT2D eigenvalue weighted by molar-refractivity contribution is -0.139. The van der Waals surface area contributed by atoms with Gasteiger partial charge < -0.3 is 9.47 Å². The van der Waals surface area contributed by atoms with Crippen LogP contribution in [0.4, 0.5) is 0 Å². The molecule has 1 N–H and O–H groups in total. The zero-order chi connectivity index (χ0) is 17.7. The van der Waals surface area contributed by atoms with Gasteiger partial charge in [-0.25, -0.2) is 9.59 Å². The van der Waals surface area contributed by atoms with Crippen molar-refractivity contribution in [3.63, 3.8) is 0 Å². The van der Waals surface area contributed by atoms with Gasteiger partial charge in [0.2, 0.25) is 0 Å². The van der Waals surface area contributed by atoms with E-state index < -0.39 is 23.8 Å². The average Bonchev–Trinajstić information content (AvgIpc) is 2.53. The van der Waals surface area contributed by atoms with Gasteiger partial charge in [-0.15, -0.1) is 0 Å².